The van der Waals surface area contributed by atoms with Crippen molar-refractivity contribution in [2.45, 2.75) is 12.3 Å². The van der Waals surface area contributed by atoms with Crippen LogP contribution in [0.15, 0.2) is 19.8 Å². The predicted molar refractivity (Wildman–Crippen MR) is 61.3 cm³/mol. The van der Waals surface area contributed by atoms with Crippen molar-refractivity contribution in [3.8, 4) is 0 Å². The standard InChI is InChI=1S/C9H8Br2O4/c1-2-14-8(12)6-3-5(4-10)7(11)9(13)15-6/h3H,2,4H2,1H3. The fourth-order valence-corrected chi connectivity index (χ4v) is 2.08. The molecule has 0 aromatic carbocycles. The fraction of sp³-hybridized carbons (Fsp3) is 0.333. The predicted octanol–water partition coefficient (Wildman–Crippen LogP) is 2.47. The highest BCUT2D eigenvalue weighted by Gasteiger charge is 2.14. The third-order valence-electron chi connectivity index (χ3n) is 1.59. The monoisotopic (exact) mass is 338 g/mol. The van der Waals surface area contributed by atoms with Crippen LogP contribution in [-0.4, -0.2) is 12.6 Å². The Balaban J connectivity index is 3.17. The number of ether oxygens (including phenoxy) is 1. The van der Waals surface area contributed by atoms with E-state index in [2.05, 4.69) is 31.9 Å². The molecule has 1 rings (SSSR count). The van der Waals surface area contributed by atoms with Crippen LogP contribution in [0, 0.1) is 0 Å². The van der Waals surface area contributed by atoms with Gasteiger partial charge in [-0.15, -0.1) is 0 Å². The van der Waals surface area contributed by atoms with E-state index in [1.165, 1.54) is 6.07 Å². The minimum Gasteiger partial charge on any atom is -0.460 e. The molecule has 0 atom stereocenters. The van der Waals surface area contributed by atoms with E-state index in [0.717, 1.165) is 0 Å². The Morgan fingerprint density at radius 1 is 1.60 bits per heavy atom. The highest BCUT2D eigenvalue weighted by Crippen LogP contribution is 2.17. The minimum absolute atomic E-state index is 0.0838. The molecular weight excluding hydrogens is 332 g/mol. The molecule has 15 heavy (non-hydrogen) atoms. The van der Waals surface area contributed by atoms with E-state index in [1.54, 1.807) is 6.92 Å². The maximum atomic E-state index is 11.3. The number of hydrogen-bond donors (Lipinski definition) is 0. The lowest BCUT2D eigenvalue weighted by Gasteiger charge is -2.03. The number of rotatable bonds is 3. The van der Waals surface area contributed by atoms with Crippen LogP contribution in [0.5, 0.6) is 0 Å². The van der Waals surface area contributed by atoms with Crippen molar-refractivity contribution in [2.24, 2.45) is 0 Å². The summed E-state index contributed by atoms with van der Waals surface area (Å²) >= 11 is 6.28. The van der Waals surface area contributed by atoms with Crippen molar-refractivity contribution in [3.05, 3.63) is 32.3 Å². The highest BCUT2D eigenvalue weighted by atomic mass is 79.9. The van der Waals surface area contributed by atoms with Crippen LogP contribution in [0.1, 0.15) is 23.0 Å². The molecule has 82 valence electrons. The molecule has 6 heteroatoms. The van der Waals surface area contributed by atoms with Gasteiger partial charge in [0.2, 0.25) is 5.76 Å². The Morgan fingerprint density at radius 2 is 2.27 bits per heavy atom. The first-order valence-electron chi connectivity index (χ1n) is 4.15. The Hall–Kier alpha value is -0.620. The normalized spacial score (nSPS) is 10.1. The van der Waals surface area contributed by atoms with Crippen molar-refractivity contribution >= 4 is 37.8 Å². The van der Waals surface area contributed by atoms with Crippen molar-refractivity contribution < 1.29 is 13.9 Å². The summed E-state index contributed by atoms with van der Waals surface area (Å²) in [5.41, 5.74) is 0.0595. The molecule has 1 aromatic heterocycles. The zero-order chi connectivity index (χ0) is 11.4. The first-order chi connectivity index (χ1) is 7.10. The Kier molecular flexibility index (Phi) is 4.53. The molecule has 0 bridgehead atoms. The Bertz CT molecular complexity index is 425. The van der Waals surface area contributed by atoms with Crippen LogP contribution in [0.3, 0.4) is 0 Å². The number of alkyl halides is 1. The third kappa shape index (κ3) is 2.92. The number of esters is 1. The Labute approximate surface area is 103 Å². The molecule has 0 saturated carbocycles. The van der Waals surface area contributed by atoms with E-state index in [0.29, 0.717) is 15.4 Å². The average molecular weight is 340 g/mol. The second-order valence-corrected chi connectivity index (χ2v) is 3.95. The van der Waals surface area contributed by atoms with Crippen molar-refractivity contribution in [1.82, 2.24) is 0 Å². The van der Waals surface area contributed by atoms with E-state index >= 15 is 0 Å². The van der Waals surface area contributed by atoms with E-state index in [4.69, 9.17) is 9.15 Å². The maximum absolute atomic E-state index is 11.3. The number of hydrogen-bond acceptors (Lipinski definition) is 4. The van der Waals surface area contributed by atoms with E-state index < -0.39 is 11.6 Å². The van der Waals surface area contributed by atoms with E-state index in [9.17, 15) is 9.59 Å². The molecule has 0 N–H and O–H groups in total. The van der Waals surface area contributed by atoms with Crippen molar-refractivity contribution in [2.75, 3.05) is 6.61 Å². The minimum atomic E-state index is -0.635. The molecule has 0 aliphatic carbocycles. The first-order valence-corrected chi connectivity index (χ1v) is 6.07. The van der Waals surface area contributed by atoms with Crippen LogP contribution in [0.2, 0.25) is 0 Å². The molecule has 0 aliphatic heterocycles. The van der Waals surface area contributed by atoms with Crippen LogP contribution in [-0.2, 0) is 10.1 Å². The fourth-order valence-electron chi connectivity index (χ4n) is 0.927. The molecule has 0 saturated heterocycles. The third-order valence-corrected chi connectivity index (χ3v) is 3.03. The first kappa shape index (κ1) is 12.4. The number of carbonyl (C=O) groups is 1. The maximum Gasteiger partial charge on any atom is 0.374 e. The van der Waals surface area contributed by atoms with Gasteiger partial charge in [-0.1, -0.05) is 15.9 Å². The molecule has 0 spiro atoms. The summed E-state index contributed by atoms with van der Waals surface area (Å²) in [6.07, 6.45) is 0. The van der Waals surface area contributed by atoms with Crippen molar-refractivity contribution in [1.29, 1.82) is 0 Å². The highest BCUT2D eigenvalue weighted by molar-refractivity contribution is 9.10. The summed E-state index contributed by atoms with van der Waals surface area (Å²) in [5, 5.41) is 0.450. The van der Waals surface area contributed by atoms with E-state index in [1.807, 2.05) is 0 Å². The number of carbonyl (C=O) groups excluding carboxylic acids is 1. The van der Waals surface area contributed by atoms with Crippen LogP contribution < -0.4 is 5.63 Å². The molecule has 0 amide bonds. The summed E-state index contributed by atoms with van der Waals surface area (Å²) in [6, 6.07) is 1.47. The second kappa shape index (κ2) is 5.46. The van der Waals surface area contributed by atoms with Gasteiger partial charge in [-0.25, -0.2) is 9.59 Å². The van der Waals surface area contributed by atoms with Crippen LogP contribution >= 0.6 is 31.9 Å². The number of halogens is 2. The molecule has 0 fully saturated rings. The summed E-state index contributed by atoms with van der Waals surface area (Å²) in [4.78, 5) is 22.6. The summed E-state index contributed by atoms with van der Waals surface area (Å²) in [7, 11) is 0. The molecule has 1 heterocycles. The summed E-state index contributed by atoms with van der Waals surface area (Å²) in [6.45, 7) is 1.92. The van der Waals surface area contributed by atoms with Gasteiger partial charge in [-0.05, 0) is 34.5 Å². The molecule has 4 nitrogen and oxygen atoms in total. The van der Waals surface area contributed by atoms with Gasteiger partial charge >= 0.3 is 11.6 Å². The van der Waals surface area contributed by atoms with E-state index in [-0.39, 0.29) is 12.4 Å². The van der Waals surface area contributed by atoms with Gasteiger partial charge in [-0.3, -0.25) is 0 Å². The van der Waals surface area contributed by atoms with Crippen molar-refractivity contribution in [3.63, 3.8) is 0 Å². The van der Waals surface area contributed by atoms with Gasteiger partial charge in [0.15, 0.2) is 0 Å². The molecule has 0 radical (unpaired) electrons. The lowest BCUT2D eigenvalue weighted by atomic mass is 10.3. The lowest BCUT2D eigenvalue weighted by Crippen LogP contribution is -2.11. The largest absolute Gasteiger partial charge is 0.460 e. The smallest absolute Gasteiger partial charge is 0.374 e. The second-order valence-electron chi connectivity index (χ2n) is 2.59. The summed E-state index contributed by atoms with van der Waals surface area (Å²) < 4.78 is 9.80. The zero-order valence-corrected chi connectivity index (χ0v) is 11.1. The van der Waals surface area contributed by atoms with Gasteiger partial charge in [0.1, 0.15) is 4.47 Å². The van der Waals surface area contributed by atoms with Gasteiger partial charge < -0.3 is 9.15 Å². The van der Waals surface area contributed by atoms with Gasteiger partial charge in [0.05, 0.1) is 6.61 Å². The topological polar surface area (TPSA) is 56.5 Å². The van der Waals surface area contributed by atoms with Crippen LogP contribution in [0.25, 0.3) is 0 Å². The summed E-state index contributed by atoms with van der Waals surface area (Å²) in [5.74, 6) is -0.719. The lowest BCUT2D eigenvalue weighted by molar-refractivity contribution is 0.0484. The van der Waals surface area contributed by atoms with Gasteiger partial charge in [0.25, 0.3) is 0 Å². The Morgan fingerprint density at radius 3 is 2.80 bits per heavy atom. The molecular formula is C9H8Br2O4. The average Bonchev–Trinajstić information content (AvgIpc) is 2.22. The van der Waals surface area contributed by atoms with Gasteiger partial charge in [-0.2, -0.15) is 0 Å². The van der Waals surface area contributed by atoms with Crippen LogP contribution in [0.4, 0.5) is 0 Å². The molecule has 1 aromatic rings. The SMILES string of the molecule is CCOC(=O)c1cc(CBr)c(Br)c(=O)o1. The van der Waals surface area contributed by atoms with Gasteiger partial charge in [0, 0.05) is 5.33 Å². The molecule has 0 aliphatic rings. The zero-order valence-electron chi connectivity index (χ0n) is 7.88. The molecule has 0 unspecified atom stereocenters. The quantitative estimate of drug-likeness (QED) is 0.627.